The summed E-state index contributed by atoms with van der Waals surface area (Å²) in [4.78, 5) is 11.3. The molecule has 0 bridgehead atoms. The molecule has 0 fully saturated rings. The molecule has 0 unspecified atom stereocenters. The third-order valence-electron chi connectivity index (χ3n) is 4.49. The fourth-order valence-corrected chi connectivity index (χ4v) is 3.21. The number of benzene rings is 2. The zero-order chi connectivity index (χ0) is 18.5. The number of nitrogens with zero attached hydrogens (tertiary/aromatic N) is 4. The number of fused-ring (bicyclic) bond motifs is 1. The molecule has 0 saturated heterocycles. The van der Waals surface area contributed by atoms with E-state index in [0.717, 1.165) is 27.8 Å². The zero-order valence-corrected chi connectivity index (χ0v) is 14.8. The lowest BCUT2D eigenvalue weighted by molar-refractivity contribution is 0.768. The van der Waals surface area contributed by atoms with Crippen LogP contribution in [0.15, 0.2) is 85.2 Å². The lowest BCUT2D eigenvalue weighted by Gasteiger charge is -2.26. The molecule has 4 heteroatoms. The van der Waals surface area contributed by atoms with Crippen LogP contribution in [0.1, 0.15) is 17.0 Å². The first-order valence-corrected chi connectivity index (χ1v) is 8.81. The molecule has 4 rings (SSSR count). The van der Waals surface area contributed by atoms with Crippen molar-refractivity contribution in [2.45, 2.75) is 13.1 Å². The van der Waals surface area contributed by atoms with Gasteiger partial charge in [0.15, 0.2) is 0 Å². The maximum Gasteiger partial charge on any atom is 0.0991 e. The Hall–Kier alpha value is -3.71. The Morgan fingerprint density at radius 2 is 1.48 bits per heavy atom. The highest BCUT2D eigenvalue weighted by molar-refractivity contribution is 5.95. The van der Waals surface area contributed by atoms with E-state index in [2.05, 4.69) is 27.0 Å². The Morgan fingerprint density at radius 3 is 2.07 bits per heavy atom. The summed E-state index contributed by atoms with van der Waals surface area (Å²) in [6.45, 7) is 1.35. The van der Waals surface area contributed by atoms with Gasteiger partial charge in [-0.3, -0.25) is 9.97 Å². The molecule has 27 heavy (non-hydrogen) atoms. The van der Waals surface area contributed by atoms with Crippen molar-refractivity contribution in [1.82, 2.24) is 9.97 Å². The average molecular weight is 350 g/mol. The first-order chi connectivity index (χ1) is 13.3. The Kier molecular flexibility index (Phi) is 4.76. The van der Waals surface area contributed by atoms with Crippen molar-refractivity contribution in [3.63, 3.8) is 0 Å². The molecule has 0 amide bonds. The third-order valence-corrected chi connectivity index (χ3v) is 4.49. The maximum atomic E-state index is 9.19. The number of hydrogen-bond donors (Lipinski definition) is 0. The topological polar surface area (TPSA) is 52.8 Å². The van der Waals surface area contributed by atoms with Gasteiger partial charge in [0.2, 0.25) is 0 Å². The summed E-state index contributed by atoms with van der Waals surface area (Å²) in [5, 5.41) is 11.4. The summed E-state index contributed by atoms with van der Waals surface area (Å²) in [5.41, 5.74) is 3.77. The van der Waals surface area contributed by atoms with Crippen LogP contribution in [-0.2, 0) is 13.1 Å². The molecule has 130 valence electrons. The van der Waals surface area contributed by atoms with Crippen LogP contribution >= 0.6 is 0 Å². The van der Waals surface area contributed by atoms with Crippen molar-refractivity contribution in [3.8, 4) is 6.07 Å². The van der Waals surface area contributed by atoms with Crippen molar-refractivity contribution in [3.05, 3.63) is 102 Å². The minimum Gasteiger partial charge on any atom is -0.359 e. The van der Waals surface area contributed by atoms with Gasteiger partial charge in [0.1, 0.15) is 0 Å². The Morgan fingerprint density at radius 1 is 0.778 bits per heavy atom. The first-order valence-electron chi connectivity index (χ1n) is 8.81. The molecule has 0 spiro atoms. The monoisotopic (exact) mass is 350 g/mol. The summed E-state index contributed by atoms with van der Waals surface area (Å²) >= 11 is 0. The Bertz CT molecular complexity index is 1040. The van der Waals surface area contributed by atoms with E-state index in [1.165, 1.54) is 0 Å². The van der Waals surface area contributed by atoms with Gasteiger partial charge in [0.05, 0.1) is 36.1 Å². The number of anilines is 1. The van der Waals surface area contributed by atoms with Gasteiger partial charge in [-0.25, -0.2) is 0 Å². The number of aromatic nitrogens is 2. The van der Waals surface area contributed by atoms with E-state index >= 15 is 0 Å². The van der Waals surface area contributed by atoms with Crippen molar-refractivity contribution in [2.24, 2.45) is 0 Å². The predicted octanol–water partition coefficient (Wildman–Crippen LogP) is 4.71. The maximum absolute atomic E-state index is 9.19. The van der Waals surface area contributed by atoms with Crippen molar-refractivity contribution < 1.29 is 0 Å². The quantitative estimate of drug-likeness (QED) is 0.523. The van der Waals surface area contributed by atoms with E-state index in [9.17, 15) is 5.26 Å². The van der Waals surface area contributed by atoms with Gasteiger partial charge in [0.25, 0.3) is 0 Å². The molecule has 0 aliphatic carbocycles. The Labute approximate surface area is 158 Å². The molecular formula is C23H18N4. The SMILES string of the molecule is N#Cc1ccc2c(N(Cc3ccccn3)Cc3ccccn3)cccc2c1. The van der Waals surface area contributed by atoms with Gasteiger partial charge in [-0.05, 0) is 47.9 Å². The normalized spacial score (nSPS) is 10.5. The van der Waals surface area contributed by atoms with Crippen LogP contribution in [0, 0.1) is 11.3 Å². The molecule has 0 aliphatic rings. The number of pyridine rings is 2. The molecule has 2 aromatic carbocycles. The van der Waals surface area contributed by atoms with Crippen LogP contribution in [0.5, 0.6) is 0 Å². The average Bonchev–Trinajstić information content (AvgIpc) is 2.74. The van der Waals surface area contributed by atoms with E-state index < -0.39 is 0 Å². The van der Waals surface area contributed by atoms with Crippen LogP contribution in [0.2, 0.25) is 0 Å². The van der Waals surface area contributed by atoms with Crippen LogP contribution in [0.3, 0.4) is 0 Å². The van der Waals surface area contributed by atoms with Crippen LogP contribution in [0.25, 0.3) is 10.8 Å². The molecular weight excluding hydrogens is 332 g/mol. The summed E-state index contributed by atoms with van der Waals surface area (Å²) in [6, 6.07) is 26.1. The molecule has 2 aromatic heterocycles. The highest BCUT2D eigenvalue weighted by Gasteiger charge is 2.13. The van der Waals surface area contributed by atoms with Gasteiger partial charge < -0.3 is 4.90 Å². The van der Waals surface area contributed by atoms with Gasteiger partial charge in [-0.15, -0.1) is 0 Å². The fraction of sp³-hybridized carbons (Fsp3) is 0.0870. The van der Waals surface area contributed by atoms with Crippen LogP contribution < -0.4 is 4.90 Å². The second-order valence-electron chi connectivity index (χ2n) is 6.32. The summed E-state index contributed by atoms with van der Waals surface area (Å²) in [7, 11) is 0. The molecule has 0 aliphatic heterocycles. The van der Waals surface area contributed by atoms with Gasteiger partial charge in [0, 0.05) is 23.5 Å². The molecule has 0 atom stereocenters. The highest BCUT2D eigenvalue weighted by Crippen LogP contribution is 2.29. The standard InChI is InChI=1S/C23H18N4/c24-15-18-10-11-22-19(14-18)6-5-9-23(22)27(16-20-7-1-3-12-25-20)17-21-8-2-4-13-26-21/h1-14H,16-17H2. The summed E-state index contributed by atoms with van der Waals surface area (Å²) < 4.78 is 0. The van der Waals surface area contributed by atoms with Crippen molar-refractivity contribution in [2.75, 3.05) is 4.90 Å². The lowest BCUT2D eigenvalue weighted by Crippen LogP contribution is -2.23. The van der Waals surface area contributed by atoms with Crippen molar-refractivity contribution >= 4 is 16.5 Å². The minimum absolute atomic E-state index is 0.667. The zero-order valence-electron chi connectivity index (χ0n) is 14.8. The largest absolute Gasteiger partial charge is 0.359 e. The van der Waals surface area contributed by atoms with E-state index in [1.54, 1.807) is 0 Å². The predicted molar refractivity (Wildman–Crippen MR) is 107 cm³/mol. The van der Waals surface area contributed by atoms with E-state index in [1.807, 2.05) is 79.1 Å². The van der Waals surface area contributed by atoms with E-state index in [-0.39, 0.29) is 0 Å². The second-order valence-corrected chi connectivity index (χ2v) is 6.32. The summed E-state index contributed by atoms with van der Waals surface area (Å²) in [6.07, 6.45) is 3.63. The molecule has 4 nitrogen and oxygen atoms in total. The number of nitriles is 1. The highest BCUT2D eigenvalue weighted by atomic mass is 15.1. The smallest absolute Gasteiger partial charge is 0.0991 e. The second kappa shape index (κ2) is 7.67. The van der Waals surface area contributed by atoms with Gasteiger partial charge in [-0.1, -0.05) is 30.3 Å². The number of rotatable bonds is 5. The van der Waals surface area contributed by atoms with Gasteiger partial charge in [-0.2, -0.15) is 5.26 Å². The molecule has 2 heterocycles. The minimum atomic E-state index is 0.667. The summed E-state index contributed by atoms with van der Waals surface area (Å²) in [5.74, 6) is 0. The molecule has 4 aromatic rings. The van der Waals surface area contributed by atoms with Crippen molar-refractivity contribution in [1.29, 1.82) is 5.26 Å². The third kappa shape index (κ3) is 3.78. The van der Waals surface area contributed by atoms with Crippen LogP contribution in [0.4, 0.5) is 5.69 Å². The molecule has 0 saturated carbocycles. The fourth-order valence-electron chi connectivity index (χ4n) is 3.21. The first kappa shape index (κ1) is 16.7. The molecule has 0 N–H and O–H groups in total. The molecule has 0 radical (unpaired) electrons. The lowest BCUT2D eigenvalue weighted by atomic mass is 10.0. The Balaban J connectivity index is 1.78. The number of hydrogen-bond acceptors (Lipinski definition) is 4. The van der Waals surface area contributed by atoms with E-state index in [0.29, 0.717) is 18.7 Å². The van der Waals surface area contributed by atoms with E-state index in [4.69, 9.17) is 0 Å². The van der Waals surface area contributed by atoms with Crippen LogP contribution in [-0.4, -0.2) is 9.97 Å². The van der Waals surface area contributed by atoms with Gasteiger partial charge >= 0.3 is 0 Å².